The van der Waals surface area contributed by atoms with Crippen LogP contribution in [0.4, 0.5) is 0 Å². The number of thiophene rings is 1. The molecule has 33 heavy (non-hydrogen) atoms. The largest absolute Gasteiger partial charge is 0.492 e. The minimum Gasteiger partial charge on any atom is -0.492 e. The summed E-state index contributed by atoms with van der Waals surface area (Å²) in [5.41, 5.74) is 1.73. The summed E-state index contributed by atoms with van der Waals surface area (Å²) in [6.45, 7) is 5.36. The Labute approximate surface area is 207 Å². The van der Waals surface area contributed by atoms with Crippen molar-refractivity contribution < 1.29 is 23.1 Å². The van der Waals surface area contributed by atoms with Crippen molar-refractivity contribution in [3.8, 4) is 5.75 Å². The molecule has 3 rings (SSSR count). The fraction of sp³-hybridized carbons (Fsp3) is 0.348. The second-order valence-corrected chi connectivity index (χ2v) is 12.3. The number of nitrogens with one attached hydrogen (secondary N) is 1. The van der Waals surface area contributed by atoms with Crippen molar-refractivity contribution in [1.29, 1.82) is 0 Å². The van der Waals surface area contributed by atoms with Crippen LogP contribution in [-0.4, -0.2) is 50.7 Å². The molecule has 2 aromatic carbocycles. The van der Waals surface area contributed by atoms with Crippen LogP contribution in [0, 0.1) is 13.8 Å². The number of carbonyl (C=O) groups is 1. The average molecular weight is 528 g/mol. The molecule has 0 radical (unpaired) electrons. The van der Waals surface area contributed by atoms with Gasteiger partial charge in [-0.3, -0.25) is 4.79 Å². The van der Waals surface area contributed by atoms with Crippen LogP contribution in [0.1, 0.15) is 17.5 Å². The number of aliphatic carboxylic acids is 1. The first-order valence-corrected chi connectivity index (χ1v) is 14.2. The third kappa shape index (κ3) is 7.10. The molecule has 0 aliphatic rings. The second-order valence-electron chi connectivity index (χ2n) is 7.54. The van der Waals surface area contributed by atoms with E-state index in [-0.39, 0.29) is 11.5 Å². The minimum absolute atomic E-state index is 0.0253. The SMILES string of the molecule is Cc1cc(OCCNCCCS(=O)(=O)c2sc3ccc(Cl)cc3c2C)ccc1SCC(=O)O. The normalized spacial score (nSPS) is 11.7. The standard InChI is InChI=1S/C23H26ClNO5S3/c1-15-12-18(5-7-20(15)31-14-22(26)27)30-10-9-25-8-3-11-33(28,29)23-16(2)19-13-17(24)4-6-21(19)32-23/h4-7,12-13,25H,3,8-11,14H2,1-2H3,(H,26,27). The highest BCUT2D eigenvalue weighted by Gasteiger charge is 2.21. The molecule has 2 N–H and O–H groups in total. The van der Waals surface area contributed by atoms with Crippen LogP contribution in [0.25, 0.3) is 10.1 Å². The lowest BCUT2D eigenvalue weighted by Gasteiger charge is -2.10. The zero-order chi connectivity index (χ0) is 24.0. The van der Waals surface area contributed by atoms with Crippen molar-refractivity contribution in [2.24, 2.45) is 0 Å². The van der Waals surface area contributed by atoms with E-state index in [1.807, 2.05) is 44.2 Å². The molecule has 0 aliphatic heterocycles. The van der Waals surface area contributed by atoms with E-state index in [0.717, 1.165) is 31.9 Å². The molecule has 0 saturated heterocycles. The summed E-state index contributed by atoms with van der Waals surface area (Å²) < 4.78 is 32.7. The van der Waals surface area contributed by atoms with Crippen molar-refractivity contribution in [2.75, 3.05) is 31.2 Å². The number of halogens is 1. The van der Waals surface area contributed by atoms with Gasteiger partial charge in [-0.2, -0.15) is 0 Å². The van der Waals surface area contributed by atoms with Crippen LogP contribution >= 0.6 is 34.7 Å². The summed E-state index contributed by atoms with van der Waals surface area (Å²) in [6.07, 6.45) is 0.505. The highest BCUT2D eigenvalue weighted by Crippen LogP contribution is 2.36. The monoisotopic (exact) mass is 527 g/mol. The summed E-state index contributed by atoms with van der Waals surface area (Å²) >= 11 is 8.63. The quantitative estimate of drug-likeness (QED) is 0.247. The molecule has 0 atom stereocenters. The molecule has 178 valence electrons. The van der Waals surface area contributed by atoms with Crippen molar-refractivity contribution in [3.05, 3.63) is 52.5 Å². The predicted molar refractivity (Wildman–Crippen MR) is 136 cm³/mol. The van der Waals surface area contributed by atoms with Gasteiger partial charge in [0.1, 0.15) is 16.6 Å². The third-order valence-corrected chi connectivity index (χ3v) is 10.1. The Hall–Kier alpha value is -1.78. The highest BCUT2D eigenvalue weighted by atomic mass is 35.5. The molecular weight excluding hydrogens is 502 g/mol. The maximum absolute atomic E-state index is 12.8. The zero-order valence-corrected chi connectivity index (χ0v) is 21.6. The summed E-state index contributed by atoms with van der Waals surface area (Å²) in [6, 6.07) is 11.0. The van der Waals surface area contributed by atoms with Crippen molar-refractivity contribution in [2.45, 2.75) is 29.4 Å². The number of benzene rings is 2. The van der Waals surface area contributed by atoms with Gasteiger partial charge in [-0.25, -0.2) is 8.42 Å². The Morgan fingerprint density at radius 3 is 2.70 bits per heavy atom. The van der Waals surface area contributed by atoms with Crippen LogP contribution in [-0.2, 0) is 14.6 Å². The van der Waals surface area contributed by atoms with E-state index in [0.29, 0.717) is 35.3 Å². The number of hydrogen-bond donors (Lipinski definition) is 2. The number of sulfone groups is 1. The summed E-state index contributed by atoms with van der Waals surface area (Å²) in [7, 11) is -3.36. The summed E-state index contributed by atoms with van der Waals surface area (Å²) in [5.74, 6) is -0.0200. The lowest BCUT2D eigenvalue weighted by atomic mass is 10.2. The van der Waals surface area contributed by atoms with Crippen LogP contribution < -0.4 is 10.1 Å². The summed E-state index contributed by atoms with van der Waals surface area (Å²) in [4.78, 5) is 11.6. The van der Waals surface area contributed by atoms with Crippen LogP contribution in [0.5, 0.6) is 5.75 Å². The number of hydrogen-bond acceptors (Lipinski definition) is 7. The van der Waals surface area contributed by atoms with E-state index in [2.05, 4.69) is 5.32 Å². The van der Waals surface area contributed by atoms with Gasteiger partial charge in [-0.15, -0.1) is 23.1 Å². The van der Waals surface area contributed by atoms with Gasteiger partial charge in [0.25, 0.3) is 0 Å². The van der Waals surface area contributed by atoms with Gasteiger partial charge >= 0.3 is 5.97 Å². The molecule has 1 heterocycles. The Morgan fingerprint density at radius 2 is 1.97 bits per heavy atom. The van der Waals surface area contributed by atoms with Gasteiger partial charge in [0.05, 0.1) is 11.5 Å². The van der Waals surface area contributed by atoms with Crippen molar-refractivity contribution in [1.82, 2.24) is 5.32 Å². The van der Waals surface area contributed by atoms with Gasteiger partial charge in [-0.05, 0) is 79.7 Å². The maximum atomic E-state index is 12.8. The van der Waals surface area contributed by atoms with E-state index < -0.39 is 15.8 Å². The fourth-order valence-corrected chi connectivity index (χ4v) is 7.46. The molecule has 0 bridgehead atoms. The lowest BCUT2D eigenvalue weighted by Crippen LogP contribution is -2.23. The molecule has 0 amide bonds. The lowest BCUT2D eigenvalue weighted by molar-refractivity contribution is -0.133. The molecule has 6 nitrogen and oxygen atoms in total. The Kier molecular flexibility index (Phi) is 9.06. The number of ether oxygens (including phenoxy) is 1. The Morgan fingerprint density at radius 1 is 1.18 bits per heavy atom. The number of aryl methyl sites for hydroxylation is 2. The van der Waals surface area contributed by atoms with Crippen LogP contribution in [0.3, 0.4) is 0 Å². The van der Waals surface area contributed by atoms with Crippen LogP contribution in [0.15, 0.2) is 45.5 Å². The average Bonchev–Trinajstić information content (AvgIpc) is 3.09. The third-order valence-electron chi connectivity index (χ3n) is 4.95. The van der Waals surface area contributed by atoms with E-state index in [1.165, 1.54) is 23.1 Å². The van der Waals surface area contributed by atoms with Crippen molar-refractivity contribution in [3.63, 3.8) is 0 Å². The molecule has 1 aromatic heterocycles. The number of carboxylic acid groups (broad SMARTS) is 1. The van der Waals surface area contributed by atoms with Gasteiger partial charge in [0.2, 0.25) is 0 Å². The van der Waals surface area contributed by atoms with E-state index in [9.17, 15) is 13.2 Å². The second kappa shape index (κ2) is 11.6. The van der Waals surface area contributed by atoms with Gasteiger partial charge < -0.3 is 15.2 Å². The zero-order valence-electron chi connectivity index (χ0n) is 18.4. The first-order chi connectivity index (χ1) is 15.7. The van der Waals surface area contributed by atoms with Gasteiger partial charge in [-0.1, -0.05) is 11.6 Å². The fourth-order valence-electron chi connectivity index (χ4n) is 3.33. The molecule has 3 aromatic rings. The van der Waals surface area contributed by atoms with E-state index in [4.69, 9.17) is 21.4 Å². The summed E-state index contributed by atoms with van der Waals surface area (Å²) in [5, 5.41) is 13.5. The first-order valence-electron chi connectivity index (χ1n) is 10.4. The van der Waals surface area contributed by atoms with E-state index in [1.54, 1.807) is 6.07 Å². The predicted octanol–water partition coefficient (Wildman–Crippen LogP) is 5.18. The van der Waals surface area contributed by atoms with Gasteiger partial charge in [0, 0.05) is 21.2 Å². The highest BCUT2D eigenvalue weighted by molar-refractivity contribution is 8.00. The Balaban J connectivity index is 1.41. The molecule has 10 heteroatoms. The number of thioether (sulfide) groups is 1. The number of rotatable bonds is 12. The molecule has 0 saturated carbocycles. The first kappa shape index (κ1) is 25.8. The minimum atomic E-state index is -3.36. The molecular formula is C23H26ClNO5S3. The molecule has 0 fully saturated rings. The smallest absolute Gasteiger partial charge is 0.313 e. The van der Waals surface area contributed by atoms with Gasteiger partial charge in [0.15, 0.2) is 9.84 Å². The maximum Gasteiger partial charge on any atom is 0.313 e. The van der Waals surface area contributed by atoms with Crippen molar-refractivity contribution >= 4 is 60.6 Å². The molecule has 0 aliphatic carbocycles. The van der Waals surface area contributed by atoms with Crippen LogP contribution in [0.2, 0.25) is 5.02 Å². The number of fused-ring (bicyclic) bond motifs is 1. The number of carboxylic acids is 1. The Bertz CT molecular complexity index is 1240. The molecule has 0 spiro atoms. The topological polar surface area (TPSA) is 92.7 Å². The molecule has 0 unspecified atom stereocenters. The van der Waals surface area contributed by atoms with E-state index >= 15 is 0 Å².